The van der Waals surface area contributed by atoms with Crippen LogP contribution in [0.25, 0.3) is 11.3 Å². The number of halogens is 3. The van der Waals surface area contributed by atoms with Crippen LogP contribution >= 0.6 is 27.5 Å². The summed E-state index contributed by atoms with van der Waals surface area (Å²) in [5, 5.41) is 5.16. The van der Waals surface area contributed by atoms with Gasteiger partial charge in [-0.15, -0.1) is 10.2 Å². The first-order chi connectivity index (χ1) is 14.1. The van der Waals surface area contributed by atoms with Crippen LogP contribution < -0.4 is 23.0 Å². The Kier molecular flexibility index (Phi) is 6.84. The summed E-state index contributed by atoms with van der Waals surface area (Å²) in [6.45, 7) is 0. The van der Waals surface area contributed by atoms with Crippen LogP contribution in [0.2, 0.25) is 5.02 Å². The van der Waals surface area contributed by atoms with Gasteiger partial charge in [0.2, 0.25) is 0 Å². The number of pyridine rings is 1. The lowest BCUT2D eigenvalue weighted by Gasteiger charge is -2.17. The van der Waals surface area contributed by atoms with Crippen LogP contribution in [0, 0.1) is 10.2 Å². The topological polar surface area (TPSA) is 131 Å². The van der Waals surface area contributed by atoms with Gasteiger partial charge in [0.05, 0.1) is 11.3 Å². The largest absolute Gasteiger partial charge is 0.355 e. The van der Waals surface area contributed by atoms with Gasteiger partial charge in [-0.1, -0.05) is 38.3 Å². The molecule has 8 nitrogen and oxygen atoms in total. The molecule has 0 fully saturated rings. The molecule has 0 radical (unpaired) electrons. The molecule has 4 rings (SSSR count). The van der Waals surface area contributed by atoms with E-state index in [0.29, 0.717) is 16.4 Å². The fraction of sp³-hybridized carbons (Fsp3) is 0. The molecule has 154 valence electrons. The zero-order chi connectivity index (χ0) is 21.9. The van der Waals surface area contributed by atoms with Crippen molar-refractivity contribution in [1.82, 2.24) is 9.78 Å². The highest BCUT2D eigenvalue weighted by molar-refractivity contribution is 9.10. The van der Waals surface area contributed by atoms with Crippen molar-refractivity contribution in [1.29, 1.82) is 0 Å². The molecule has 0 saturated carbocycles. The van der Waals surface area contributed by atoms with Crippen molar-refractivity contribution in [2.75, 3.05) is 0 Å². The first-order valence-electron chi connectivity index (χ1n) is 8.21. The summed E-state index contributed by atoms with van der Waals surface area (Å²) in [7, 11) is -4.94. The third-order valence-corrected chi connectivity index (χ3v) is 4.64. The van der Waals surface area contributed by atoms with Gasteiger partial charge in [0.15, 0.2) is 0 Å². The summed E-state index contributed by atoms with van der Waals surface area (Å²) in [6.07, 6.45) is 1.83. The smallest absolute Gasteiger partial charge is 0.282 e. The van der Waals surface area contributed by atoms with Gasteiger partial charge < -0.3 is 0 Å². The van der Waals surface area contributed by atoms with Crippen LogP contribution in [-0.2, 0) is 0 Å². The van der Waals surface area contributed by atoms with E-state index in [9.17, 15) is 4.79 Å². The maximum Gasteiger partial charge on any atom is 0.355 e. The van der Waals surface area contributed by atoms with Gasteiger partial charge in [0.1, 0.15) is 5.69 Å². The van der Waals surface area contributed by atoms with Gasteiger partial charge in [0.25, 0.3) is 11.4 Å². The number of hydrogen-bond donors (Lipinski definition) is 0. The number of benzene rings is 2. The van der Waals surface area contributed by atoms with E-state index in [0.717, 1.165) is 15.8 Å². The van der Waals surface area contributed by atoms with Crippen molar-refractivity contribution in [2.45, 2.75) is 0 Å². The highest BCUT2D eigenvalue weighted by atomic mass is 79.9. The number of nitrogens with zero attached hydrogens (tertiary/aromatic N) is 3. The molecule has 4 aromatic rings. The Hall–Kier alpha value is -2.37. The predicted molar refractivity (Wildman–Crippen MR) is 99.3 cm³/mol. The molecule has 0 N–H and O–H groups in total. The molecule has 0 saturated heterocycles. The third kappa shape index (κ3) is 5.61. The molecule has 2 aromatic carbocycles. The van der Waals surface area contributed by atoms with E-state index >= 15 is 0 Å². The molecule has 0 aliphatic rings. The fourth-order valence-electron chi connectivity index (χ4n) is 2.64. The van der Waals surface area contributed by atoms with Gasteiger partial charge in [-0.25, -0.2) is 18.6 Å². The Bertz CT molecular complexity index is 1170. The fourth-order valence-corrected chi connectivity index (χ4v) is 3.03. The van der Waals surface area contributed by atoms with Crippen LogP contribution in [0.5, 0.6) is 0 Å². The Morgan fingerprint density at radius 1 is 0.967 bits per heavy atom. The van der Waals surface area contributed by atoms with E-state index in [1.165, 1.54) is 0 Å². The Morgan fingerprint density at radius 3 is 2.17 bits per heavy atom. The van der Waals surface area contributed by atoms with Gasteiger partial charge >= 0.3 is 5.82 Å². The van der Waals surface area contributed by atoms with Crippen LogP contribution in [0.15, 0.2) is 77.4 Å². The minimum atomic E-state index is -4.94. The van der Waals surface area contributed by atoms with E-state index in [2.05, 4.69) is 21.0 Å². The van der Waals surface area contributed by atoms with E-state index in [1.54, 1.807) is 33.3 Å². The lowest BCUT2D eigenvalue weighted by molar-refractivity contribution is -2.00. The van der Waals surface area contributed by atoms with Crippen molar-refractivity contribution in [2.24, 2.45) is 0 Å². The van der Waals surface area contributed by atoms with Crippen molar-refractivity contribution in [3.8, 4) is 5.69 Å². The first kappa shape index (κ1) is 22.3. The normalized spacial score (nSPS) is 11.1. The second kappa shape index (κ2) is 9.19. The Balaban J connectivity index is 0.000000461. The molecular weight excluding hydrogens is 501 g/mol. The van der Waals surface area contributed by atoms with Crippen molar-refractivity contribution < 1.29 is 38.1 Å². The minimum absolute atomic E-state index is 0.159. The average molecular weight is 513 g/mol. The predicted octanol–water partition coefficient (Wildman–Crippen LogP) is -0.498. The number of carbonyl (C=O) groups is 1. The molecule has 0 spiro atoms. The van der Waals surface area contributed by atoms with E-state index < -0.39 is 10.2 Å². The number of carbonyl (C=O) groups excluding carboxylic acids is 1. The zero-order valence-electron chi connectivity index (χ0n) is 14.9. The van der Waals surface area contributed by atoms with Crippen LogP contribution in [0.1, 0.15) is 16.2 Å². The van der Waals surface area contributed by atoms with Gasteiger partial charge in [-0.05, 0) is 54.6 Å². The second-order valence-corrected chi connectivity index (χ2v) is 7.96. The molecule has 0 aliphatic heterocycles. The zero-order valence-corrected chi connectivity index (χ0v) is 18.0. The number of rotatable bonds is 3. The standard InChI is InChI=1S/C19H12BrClN3O.ClHO4/c20-14-6-10-16(11-7-14)24-17-3-1-2-12-23(17)19(22-24)18(25)13-4-8-15(21)9-5-13;2-1(3,4)5/h1-12H;(H,2,3,4,5)/q+1;/p-1. The van der Waals surface area contributed by atoms with Gasteiger partial charge in [-0.2, -0.15) is 4.40 Å². The number of aromatic nitrogens is 3. The van der Waals surface area contributed by atoms with Crippen molar-refractivity contribution in [3.63, 3.8) is 0 Å². The van der Waals surface area contributed by atoms with Crippen LogP contribution in [-0.4, -0.2) is 15.6 Å². The first-order valence-corrected chi connectivity index (χ1v) is 10.6. The quantitative estimate of drug-likeness (QED) is 0.268. The van der Waals surface area contributed by atoms with E-state index in [-0.39, 0.29) is 5.78 Å². The summed E-state index contributed by atoms with van der Waals surface area (Å²) < 4.78 is 38.5. The Morgan fingerprint density at radius 2 is 1.57 bits per heavy atom. The molecule has 0 atom stereocenters. The average Bonchev–Trinajstić information content (AvgIpc) is 3.07. The summed E-state index contributed by atoms with van der Waals surface area (Å²) in [4.78, 5) is 12.9. The van der Waals surface area contributed by atoms with Crippen molar-refractivity contribution in [3.05, 3.63) is 93.8 Å². The maximum absolute atomic E-state index is 12.9. The number of hydrogen-bond acceptors (Lipinski definition) is 6. The molecule has 2 aromatic heterocycles. The molecule has 0 amide bonds. The minimum Gasteiger partial charge on any atom is -0.282 e. The van der Waals surface area contributed by atoms with Crippen LogP contribution in [0.3, 0.4) is 0 Å². The monoisotopic (exact) mass is 511 g/mol. The summed E-state index contributed by atoms with van der Waals surface area (Å²) >= 11 is 9.35. The number of fused-ring (bicyclic) bond motifs is 1. The summed E-state index contributed by atoms with van der Waals surface area (Å²) in [5.41, 5.74) is 2.23. The number of ketones is 1. The molecular formula is C19H12BrCl2N3O5. The lowest BCUT2D eigenvalue weighted by atomic mass is 10.1. The molecule has 0 unspecified atom stereocenters. The summed E-state index contributed by atoms with van der Waals surface area (Å²) in [6, 6.07) is 20.3. The van der Waals surface area contributed by atoms with Gasteiger partial charge in [0, 0.05) is 21.1 Å². The molecule has 11 heteroatoms. The van der Waals surface area contributed by atoms with E-state index in [1.807, 2.05) is 48.7 Å². The van der Waals surface area contributed by atoms with Gasteiger partial charge in [-0.3, -0.25) is 4.79 Å². The SMILES string of the molecule is O=C(c1ccc(Cl)cc1)c1nn(-c2ccc(Br)cc2)c2cccc[n+]12.[O-][Cl+3]([O-])([O-])[O-]. The maximum atomic E-state index is 12.9. The molecule has 30 heavy (non-hydrogen) atoms. The Labute approximate surface area is 186 Å². The lowest BCUT2D eigenvalue weighted by Crippen LogP contribution is -2.68. The molecule has 2 heterocycles. The highest BCUT2D eigenvalue weighted by Gasteiger charge is 2.27. The van der Waals surface area contributed by atoms with E-state index in [4.69, 9.17) is 30.2 Å². The molecule has 0 bridgehead atoms. The van der Waals surface area contributed by atoms with Crippen LogP contribution in [0.4, 0.5) is 0 Å². The molecule has 0 aliphatic carbocycles. The third-order valence-electron chi connectivity index (χ3n) is 3.86. The second-order valence-electron chi connectivity index (χ2n) is 5.85. The summed E-state index contributed by atoms with van der Waals surface area (Å²) in [5.74, 6) is 0.189. The highest BCUT2D eigenvalue weighted by Crippen LogP contribution is 2.17. The van der Waals surface area contributed by atoms with Crippen molar-refractivity contribution >= 4 is 39.0 Å².